The molecule has 2 aromatic rings. The second kappa shape index (κ2) is 5.75. The van der Waals surface area contributed by atoms with E-state index < -0.39 is 5.91 Å². The number of aliphatic hydroxyl groups is 1. The van der Waals surface area contributed by atoms with Gasteiger partial charge in [0.05, 0.1) is 19.3 Å². The molecule has 19 heavy (non-hydrogen) atoms. The largest absolute Gasteiger partial charge is 0.394 e. The zero-order valence-electron chi connectivity index (χ0n) is 9.95. The molecular formula is C12H11N5O2. The Morgan fingerprint density at radius 3 is 3.00 bits per heavy atom. The summed E-state index contributed by atoms with van der Waals surface area (Å²) >= 11 is 0. The normalized spacial score (nSPS) is 9.89. The predicted octanol–water partition coefficient (Wildman–Crippen LogP) is 0.394. The van der Waals surface area contributed by atoms with Crippen molar-refractivity contribution in [3.05, 3.63) is 41.9 Å². The summed E-state index contributed by atoms with van der Waals surface area (Å²) in [6, 6.07) is 6.89. The number of aliphatic hydroxyl groups excluding tert-OH is 1. The smallest absolute Gasteiger partial charge is 0.275 e. The third kappa shape index (κ3) is 2.75. The summed E-state index contributed by atoms with van der Waals surface area (Å²) in [5.74, 6) is -0.177. The van der Waals surface area contributed by atoms with E-state index in [1.807, 2.05) is 6.07 Å². The molecule has 2 heterocycles. The summed E-state index contributed by atoms with van der Waals surface area (Å²) in [4.78, 5) is 15.9. The number of rotatable bonds is 4. The zero-order chi connectivity index (χ0) is 13.7. The lowest BCUT2D eigenvalue weighted by atomic mass is 10.3. The van der Waals surface area contributed by atoms with Crippen LogP contribution in [0, 0.1) is 11.3 Å². The van der Waals surface area contributed by atoms with Crippen molar-refractivity contribution in [3.63, 3.8) is 0 Å². The number of hydrogen-bond donors (Lipinski definition) is 2. The van der Waals surface area contributed by atoms with E-state index in [2.05, 4.69) is 15.4 Å². The highest BCUT2D eigenvalue weighted by atomic mass is 16.3. The molecule has 2 rings (SSSR count). The molecule has 7 nitrogen and oxygen atoms in total. The van der Waals surface area contributed by atoms with Crippen molar-refractivity contribution in [2.45, 2.75) is 6.54 Å². The highest BCUT2D eigenvalue weighted by molar-refractivity contribution is 6.02. The van der Waals surface area contributed by atoms with Gasteiger partial charge >= 0.3 is 0 Å². The van der Waals surface area contributed by atoms with Gasteiger partial charge in [0.15, 0.2) is 0 Å². The number of pyridine rings is 1. The lowest BCUT2D eigenvalue weighted by Crippen LogP contribution is -2.18. The fourth-order valence-corrected chi connectivity index (χ4v) is 1.53. The van der Waals surface area contributed by atoms with E-state index in [1.165, 1.54) is 17.1 Å². The molecule has 96 valence electrons. The van der Waals surface area contributed by atoms with Crippen LogP contribution in [0.5, 0.6) is 0 Å². The molecule has 0 atom stereocenters. The zero-order valence-corrected chi connectivity index (χ0v) is 9.95. The van der Waals surface area contributed by atoms with E-state index in [4.69, 9.17) is 10.4 Å². The molecule has 2 N–H and O–H groups in total. The first-order chi connectivity index (χ1) is 9.26. The molecule has 0 spiro atoms. The van der Waals surface area contributed by atoms with Gasteiger partial charge in [0.1, 0.15) is 23.1 Å². The molecule has 0 aromatic carbocycles. The van der Waals surface area contributed by atoms with Crippen LogP contribution in [0.2, 0.25) is 0 Å². The van der Waals surface area contributed by atoms with Crippen molar-refractivity contribution < 1.29 is 9.90 Å². The Kier molecular flexibility index (Phi) is 3.85. The van der Waals surface area contributed by atoms with Gasteiger partial charge in [-0.05, 0) is 12.1 Å². The molecule has 0 aliphatic heterocycles. The summed E-state index contributed by atoms with van der Waals surface area (Å²) in [6.07, 6.45) is 2.84. The number of nitrogens with one attached hydrogen (secondary N) is 1. The molecule has 0 saturated carbocycles. The average Bonchev–Trinajstić information content (AvgIpc) is 2.82. The first kappa shape index (κ1) is 12.7. The standard InChI is InChI=1S/C12H11N5O2/c13-7-9-8-15-17(5-6-18)11(9)16-12(19)10-3-1-2-4-14-10/h1-4,8,18H,5-6H2,(H,16,19). The van der Waals surface area contributed by atoms with Gasteiger partial charge in [-0.1, -0.05) is 6.07 Å². The highest BCUT2D eigenvalue weighted by Crippen LogP contribution is 2.14. The maximum absolute atomic E-state index is 12.0. The minimum atomic E-state index is -0.434. The molecule has 0 radical (unpaired) electrons. The summed E-state index contributed by atoms with van der Waals surface area (Å²) in [7, 11) is 0. The Morgan fingerprint density at radius 2 is 2.37 bits per heavy atom. The van der Waals surface area contributed by atoms with Crippen molar-refractivity contribution in [3.8, 4) is 6.07 Å². The maximum atomic E-state index is 12.0. The molecule has 0 aliphatic carbocycles. The number of carbonyl (C=O) groups excluding carboxylic acids is 1. The molecule has 7 heteroatoms. The Balaban J connectivity index is 2.26. The van der Waals surface area contributed by atoms with Crippen LogP contribution in [0.15, 0.2) is 30.6 Å². The lowest BCUT2D eigenvalue weighted by molar-refractivity contribution is 0.102. The van der Waals surface area contributed by atoms with Crippen LogP contribution in [-0.4, -0.2) is 32.4 Å². The Bertz CT molecular complexity index is 615. The van der Waals surface area contributed by atoms with E-state index in [0.29, 0.717) is 0 Å². The average molecular weight is 257 g/mol. The number of nitrogens with zero attached hydrogens (tertiary/aromatic N) is 4. The number of amides is 1. The van der Waals surface area contributed by atoms with Crippen molar-refractivity contribution in [2.75, 3.05) is 11.9 Å². The Labute approximate surface area is 109 Å². The van der Waals surface area contributed by atoms with Crippen LogP contribution in [0.25, 0.3) is 0 Å². The molecule has 1 amide bonds. The number of hydrogen-bond acceptors (Lipinski definition) is 5. The molecule has 0 aliphatic rings. The fourth-order valence-electron chi connectivity index (χ4n) is 1.53. The van der Waals surface area contributed by atoms with Crippen LogP contribution >= 0.6 is 0 Å². The third-order valence-electron chi connectivity index (χ3n) is 2.40. The molecule has 0 saturated heterocycles. The maximum Gasteiger partial charge on any atom is 0.275 e. The van der Waals surface area contributed by atoms with Gasteiger partial charge in [-0.3, -0.25) is 9.78 Å². The van der Waals surface area contributed by atoms with Gasteiger partial charge in [0, 0.05) is 6.20 Å². The predicted molar refractivity (Wildman–Crippen MR) is 66.2 cm³/mol. The SMILES string of the molecule is N#Cc1cnn(CCO)c1NC(=O)c1ccccn1. The minimum absolute atomic E-state index is 0.140. The van der Waals surface area contributed by atoms with Gasteiger partial charge in [-0.15, -0.1) is 0 Å². The second-order valence-corrected chi connectivity index (χ2v) is 3.63. The third-order valence-corrected chi connectivity index (χ3v) is 2.40. The second-order valence-electron chi connectivity index (χ2n) is 3.63. The van der Waals surface area contributed by atoms with Crippen molar-refractivity contribution in [2.24, 2.45) is 0 Å². The minimum Gasteiger partial charge on any atom is -0.394 e. The number of carbonyl (C=O) groups is 1. The van der Waals surface area contributed by atoms with Crippen molar-refractivity contribution in [1.82, 2.24) is 14.8 Å². The van der Waals surface area contributed by atoms with E-state index >= 15 is 0 Å². The summed E-state index contributed by atoms with van der Waals surface area (Å²) in [5, 5.41) is 24.4. The van der Waals surface area contributed by atoms with Crippen LogP contribution in [0.1, 0.15) is 16.1 Å². The van der Waals surface area contributed by atoms with Crippen LogP contribution in [0.3, 0.4) is 0 Å². The molecule has 0 unspecified atom stereocenters. The van der Waals surface area contributed by atoms with E-state index in [1.54, 1.807) is 18.2 Å². The Morgan fingerprint density at radius 1 is 1.53 bits per heavy atom. The Hall–Kier alpha value is -2.72. The topological polar surface area (TPSA) is 104 Å². The summed E-state index contributed by atoms with van der Waals surface area (Å²) in [5.41, 5.74) is 0.473. The van der Waals surface area contributed by atoms with E-state index in [-0.39, 0.29) is 30.2 Å². The molecular weight excluding hydrogens is 246 g/mol. The van der Waals surface area contributed by atoms with Gasteiger partial charge < -0.3 is 10.4 Å². The van der Waals surface area contributed by atoms with Gasteiger partial charge in [-0.25, -0.2) is 4.68 Å². The van der Waals surface area contributed by atoms with E-state index in [9.17, 15) is 4.79 Å². The van der Waals surface area contributed by atoms with Gasteiger partial charge in [-0.2, -0.15) is 10.4 Å². The molecule has 0 bridgehead atoms. The van der Waals surface area contributed by atoms with Crippen molar-refractivity contribution >= 4 is 11.7 Å². The van der Waals surface area contributed by atoms with Gasteiger partial charge in [0.25, 0.3) is 5.91 Å². The molecule has 2 aromatic heterocycles. The highest BCUT2D eigenvalue weighted by Gasteiger charge is 2.15. The lowest BCUT2D eigenvalue weighted by Gasteiger charge is -2.07. The van der Waals surface area contributed by atoms with E-state index in [0.717, 1.165) is 0 Å². The number of aromatic nitrogens is 3. The first-order valence-electron chi connectivity index (χ1n) is 5.55. The van der Waals surface area contributed by atoms with Crippen LogP contribution in [-0.2, 0) is 6.54 Å². The first-order valence-corrected chi connectivity index (χ1v) is 5.55. The quantitative estimate of drug-likeness (QED) is 0.824. The summed E-state index contributed by atoms with van der Waals surface area (Å²) < 4.78 is 1.36. The fraction of sp³-hybridized carbons (Fsp3) is 0.167. The number of nitriles is 1. The monoisotopic (exact) mass is 257 g/mol. The van der Waals surface area contributed by atoms with Crippen molar-refractivity contribution in [1.29, 1.82) is 5.26 Å². The number of anilines is 1. The molecule has 0 fully saturated rings. The van der Waals surface area contributed by atoms with Crippen LogP contribution in [0.4, 0.5) is 5.82 Å². The van der Waals surface area contributed by atoms with Gasteiger partial charge in [0.2, 0.25) is 0 Å². The van der Waals surface area contributed by atoms with Crippen LogP contribution < -0.4 is 5.32 Å². The summed E-state index contributed by atoms with van der Waals surface area (Å²) in [6.45, 7) is 0.0541.